The van der Waals surface area contributed by atoms with Crippen LogP contribution in [-0.2, 0) is 33.7 Å². The number of nitrogens with two attached hydrogens (primary N) is 2. The minimum atomic E-state index is -4.70. The van der Waals surface area contributed by atoms with Gasteiger partial charge in [0.25, 0.3) is 0 Å². The van der Waals surface area contributed by atoms with Gasteiger partial charge in [-0.25, -0.2) is 24.1 Å². The van der Waals surface area contributed by atoms with Crippen molar-refractivity contribution in [1.82, 2.24) is 10.3 Å². The van der Waals surface area contributed by atoms with E-state index in [0.29, 0.717) is 31.4 Å². The number of aryl methyl sites for hydroxylation is 1. The zero-order valence-electron chi connectivity index (χ0n) is 17.5. The SMILES string of the molecule is CN[C@@H]1CN=C(C(=CN)S(N)(=O)=NC(=O)Nc2c(C)c(C(F)(F)F)nc3c2CCC3)OC1. The fraction of sp³-hybridized carbons (Fsp3) is 0.500. The number of hydrogen-bond acceptors (Lipinski definition) is 7. The summed E-state index contributed by atoms with van der Waals surface area (Å²) in [5, 5.41) is 11.0. The molecule has 0 spiro atoms. The van der Waals surface area contributed by atoms with E-state index in [-0.39, 0.29) is 40.4 Å². The van der Waals surface area contributed by atoms with Crippen molar-refractivity contribution in [3.8, 4) is 0 Å². The van der Waals surface area contributed by atoms with Crippen LogP contribution >= 0.6 is 0 Å². The molecule has 1 aromatic rings. The second-order valence-electron chi connectivity index (χ2n) is 7.30. The Morgan fingerprint density at radius 1 is 1.38 bits per heavy atom. The van der Waals surface area contributed by atoms with Gasteiger partial charge in [0, 0.05) is 17.5 Å². The van der Waals surface area contributed by atoms with E-state index in [2.05, 4.69) is 25.0 Å². The van der Waals surface area contributed by atoms with Crippen LogP contribution in [0, 0.1) is 6.92 Å². The normalized spacial score (nSPS) is 20.6. The van der Waals surface area contributed by atoms with Crippen LogP contribution in [0.2, 0.25) is 0 Å². The summed E-state index contributed by atoms with van der Waals surface area (Å²) in [5.74, 6) is -0.108. The van der Waals surface area contributed by atoms with Gasteiger partial charge in [0.2, 0.25) is 5.90 Å². The third kappa shape index (κ3) is 4.86. The predicted octanol–water partition coefficient (Wildman–Crippen LogP) is 1.59. The van der Waals surface area contributed by atoms with Gasteiger partial charge < -0.3 is 21.1 Å². The summed E-state index contributed by atoms with van der Waals surface area (Å²) in [6.07, 6.45) is -2.41. The molecule has 0 fully saturated rings. The van der Waals surface area contributed by atoms with Gasteiger partial charge in [0.15, 0.2) is 9.92 Å². The molecular weight excluding hydrogens is 451 g/mol. The van der Waals surface area contributed by atoms with Crippen LogP contribution in [0.1, 0.15) is 28.9 Å². The number of pyridine rings is 1. The number of aromatic nitrogens is 1. The number of carbonyl (C=O) groups is 1. The number of nitrogens with one attached hydrogen (secondary N) is 2. The highest BCUT2D eigenvalue weighted by atomic mass is 32.2. The first-order valence-corrected chi connectivity index (χ1v) is 11.3. The number of aliphatic imine (C=N–C) groups is 1. The number of likely N-dealkylation sites (N-methyl/N-ethyl adjacent to an activating group) is 1. The lowest BCUT2D eigenvalue weighted by Crippen LogP contribution is -2.39. The third-order valence-corrected chi connectivity index (χ3v) is 6.53. The molecule has 0 radical (unpaired) electrons. The zero-order chi connectivity index (χ0) is 23.7. The first kappa shape index (κ1) is 23.9. The maximum Gasteiger partial charge on any atom is 0.433 e. The van der Waals surface area contributed by atoms with Gasteiger partial charge in [-0.2, -0.15) is 13.2 Å². The Hall–Kier alpha value is -2.71. The highest BCUT2D eigenvalue weighted by molar-refractivity contribution is 7.96. The maximum atomic E-state index is 13.4. The van der Waals surface area contributed by atoms with Gasteiger partial charge in [0.05, 0.1) is 18.3 Å². The maximum absolute atomic E-state index is 13.4. The summed E-state index contributed by atoms with van der Waals surface area (Å²) in [5.41, 5.74) is 4.89. The van der Waals surface area contributed by atoms with Crippen LogP contribution in [0.5, 0.6) is 0 Å². The summed E-state index contributed by atoms with van der Waals surface area (Å²) in [6, 6.07) is -1.25. The van der Waals surface area contributed by atoms with Crippen molar-refractivity contribution in [3.05, 3.63) is 33.6 Å². The van der Waals surface area contributed by atoms with E-state index in [9.17, 15) is 22.2 Å². The van der Waals surface area contributed by atoms with Crippen LogP contribution < -0.4 is 21.5 Å². The van der Waals surface area contributed by atoms with Crippen molar-refractivity contribution < 1.29 is 26.9 Å². The molecule has 10 nitrogen and oxygen atoms in total. The molecule has 0 saturated carbocycles. The quantitative estimate of drug-likeness (QED) is 0.518. The molecule has 0 aromatic carbocycles. The third-order valence-electron chi connectivity index (χ3n) is 5.15. The number of urea groups is 1. The molecule has 3 rings (SSSR count). The number of ether oxygens (including phenoxy) is 1. The lowest BCUT2D eigenvalue weighted by atomic mass is 10.1. The van der Waals surface area contributed by atoms with Crippen molar-refractivity contribution in [1.29, 1.82) is 0 Å². The van der Waals surface area contributed by atoms with Gasteiger partial charge >= 0.3 is 12.2 Å². The average Bonchev–Trinajstić information content (AvgIpc) is 3.18. The lowest BCUT2D eigenvalue weighted by molar-refractivity contribution is -0.141. The molecule has 1 aliphatic heterocycles. The lowest BCUT2D eigenvalue weighted by Gasteiger charge is -2.22. The second-order valence-corrected chi connectivity index (χ2v) is 9.06. The molecule has 14 heteroatoms. The van der Waals surface area contributed by atoms with Crippen LogP contribution in [0.4, 0.5) is 23.7 Å². The summed E-state index contributed by atoms with van der Waals surface area (Å²) < 4.78 is 62.0. The van der Waals surface area contributed by atoms with Crippen LogP contribution in [0.3, 0.4) is 0 Å². The molecular formula is C18H24F3N7O3S. The van der Waals surface area contributed by atoms with Gasteiger partial charge in [-0.1, -0.05) is 0 Å². The van der Waals surface area contributed by atoms with Crippen LogP contribution in [-0.4, -0.2) is 47.4 Å². The monoisotopic (exact) mass is 475 g/mol. The fourth-order valence-electron chi connectivity index (χ4n) is 3.52. The van der Waals surface area contributed by atoms with Gasteiger partial charge in [-0.05, 0) is 38.8 Å². The molecule has 32 heavy (non-hydrogen) atoms. The van der Waals surface area contributed by atoms with E-state index < -0.39 is 27.8 Å². The van der Waals surface area contributed by atoms with Crippen molar-refractivity contribution in [2.45, 2.75) is 38.4 Å². The van der Waals surface area contributed by atoms with Crippen molar-refractivity contribution in [3.63, 3.8) is 0 Å². The number of anilines is 1. The Labute approximate surface area is 183 Å². The minimum Gasteiger partial charge on any atom is -0.475 e. The van der Waals surface area contributed by atoms with E-state index in [1.54, 1.807) is 7.05 Å². The first-order valence-electron chi connectivity index (χ1n) is 9.70. The van der Waals surface area contributed by atoms with E-state index in [4.69, 9.17) is 15.6 Å². The smallest absolute Gasteiger partial charge is 0.433 e. The molecule has 2 atom stereocenters. The van der Waals surface area contributed by atoms with E-state index in [1.165, 1.54) is 6.92 Å². The minimum absolute atomic E-state index is 0.0508. The summed E-state index contributed by atoms with van der Waals surface area (Å²) in [4.78, 5) is 20.1. The van der Waals surface area contributed by atoms with Crippen molar-refractivity contribution in [2.75, 3.05) is 25.5 Å². The highest BCUT2D eigenvalue weighted by Crippen LogP contribution is 2.38. The van der Waals surface area contributed by atoms with E-state index in [1.807, 2.05) is 0 Å². The number of rotatable bonds is 4. The Bertz CT molecular complexity index is 1110. The molecule has 6 N–H and O–H groups in total. The molecule has 0 saturated heterocycles. The molecule has 2 aliphatic rings. The predicted molar refractivity (Wildman–Crippen MR) is 113 cm³/mol. The Balaban J connectivity index is 1.93. The summed E-state index contributed by atoms with van der Waals surface area (Å²) in [7, 11) is -2.17. The molecule has 2 amide bonds. The number of fused-ring (bicyclic) bond motifs is 1. The molecule has 0 bridgehead atoms. The second kappa shape index (κ2) is 9.03. The van der Waals surface area contributed by atoms with Gasteiger partial charge in [-0.3, -0.25) is 0 Å². The summed E-state index contributed by atoms with van der Waals surface area (Å²) >= 11 is 0. The average molecular weight is 475 g/mol. The number of alkyl halides is 3. The van der Waals surface area contributed by atoms with Crippen molar-refractivity contribution in [2.24, 2.45) is 20.2 Å². The zero-order valence-corrected chi connectivity index (χ0v) is 18.3. The number of hydrogen-bond donors (Lipinski definition) is 4. The fourth-order valence-corrected chi connectivity index (χ4v) is 4.48. The largest absolute Gasteiger partial charge is 0.475 e. The number of carbonyl (C=O) groups excluding carboxylic acids is 1. The number of nitrogens with zero attached hydrogens (tertiary/aromatic N) is 3. The van der Waals surface area contributed by atoms with Crippen LogP contribution in [0.15, 0.2) is 20.5 Å². The molecule has 176 valence electrons. The van der Waals surface area contributed by atoms with Crippen LogP contribution in [0.25, 0.3) is 0 Å². The summed E-state index contributed by atoms with van der Waals surface area (Å²) in [6.45, 7) is 1.71. The highest BCUT2D eigenvalue weighted by Gasteiger charge is 2.38. The van der Waals surface area contributed by atoms with Gasteiger partial charge in [0.1, 0.15) is 17.2 Å². The van der Waals surface area contributed by atoms with E-state index in [0.717, 1.165) is 6.20 Å². The number of amides is 2. The van der Waals surface area contributed by atoms with Crippen molar-refractivity contribution >= 4 is 27.5 Å². The molecule has 2 heterocycles. The first-order chi connectivity index (χ1) is 15.0. The standard InChI is InChI=1S/C18H24F3N7O3S/c1-9-14(11-4-3-5-12(11)26-15(9)18(19,20)21)27-17(29)28-32(23,30)13(6-22)16-25-7-10(24-2)8-31-16/h6,10,24H,3-5,7-8,22H2,1-2H3,(H3,23,26,27,28,29,30)/t10-,32?/m1/s1. The Morgan fingerprint density at radius 3 is 2.66 bits per heavy atom. The molecule has 1 unspecified atom stereocenters. The van der Waals surface area contributed by atoms with E-state index >= 15 is 0 Å². The van der Waals surface area contributed by atoms with Gasteiger partial charge in [-0.15, -0.1) is 4.36 Å². The number of halogens is 3. The molecule has 1 aromatic heterocycles. The Morgan fingerprint density at radius 2 is 2.09 bits per heavy atom. The Kier molecular flexibility index (Phi) is 6.76. The molecule has 1 aliphatic carbocycles. The topological polar surface area (TPSA) is 157 Å².